The van der Waals surface area contributed by atoms with E-state index in [9.17, 15) is 0 Å². The Hall–Kier alpha value is -3.38. The van der Waals surface area contributed by atoms with Crippen molar-refractivity contribution in [3.63, 3.8) is 0 Å². The largest absolute Gasteiger partial charge is 0.494 e. The Kier molecular flexibility index (Phi) is 5.49. The minimum atomic E-state index is 0.604. The number of hydroxylamine groups is 1. The number of nitrogens with zero attached hydrogens (tertiary/aromatic N) is 2. The fraction of sp³-hybridized carbons (Fsp3) is 0.182. The summed E-state index contributed by atoms with van der Waals surface area (Å²) in [5.41, 5.74) is 7.24. The molecule has 6 heteroatoms. The summed E-state index contributed by atoms with van der Waals surface area (Å²) in [5.74, 6) is 1.55. The van der Waals surface area contributed by atoms with Crippen molar-refractivity contribution in [1.29, 1.82) is 0 Å². The summed E-state index contributed by atoms with van der Waals surface area (Å²) in [5, 5.41) is 8.46. The van der Waals surface area contributed by atoms with Gasteiger partial charge in [-0.25, -0.2) is 0 Å². The van der Waals surface area contributed by atoms with Crippen LogP contribution in [-0.2, 0) is 0 Å². The van der Waals surface area contributed by atoms with Crippen LogP contribution in [0.25, 0.3) is 22.0 Å². The molecule has 0 aliphatic heterocycles. The third kappa shape index (κ3) is 4.29. The highest BCUT2D eigenvalue weighted by atomic mass is 16.6. The van der Waals surface area contributed by atoms with Crippen LogP contribution in [0.5, 0.6) is 11.5 Å². The number of benzene rings is 2. The van der Waals surface area contributed by atoms with Crippen molar-refractivity contribution < 1.29 is 9.57 Å². The topological polar surface area (TPSA) is 72.1 Å². The molecule has 2 N–H and O–H groups in total. The van der Waals surface area contributed by atoms with Crippen molar-refractivity contribution in [2.24, 2.45) is 0 Å². The van der Waals surface area contributed by atoms with Crippen LogP contribution in [0.2, 0.25) is 0 Å². The minimum absolute atomic E-state index is 0.604. The molecule has 2 aromatic carbocycles. The van der Waals surface area contributed by atoms with Crippen LogP contribution in [0, 0.1) is 6.92 Å². The number of hydrogen-bond acceptors (Lipinski definition) is 5. The lowest BCUT2D eigenvalue weighted by Crippen LogP contribution is -2.21. The summed E-state index contributed by atoms with van der Waals surface area (Å²) in [7, 11) is 0. The second-order valence-electron chi connectivity index (χ2n) is 6.50. The van der Waals surface area contributed by atoms with Crippen LogP contribution >= 0.6 is 0 Å². The molecule has 0 bridgehead atoms. The first-order valence-corrected chi connectivity index (χ1v) is 9.27. The van der Waals surface area contributed by atoms with E-state index in [4.69, 9.17) is 9.57 Å². The number of nitrogens with one attached hydrogen (secondary N) is 2. The molecular formula is C22H22N4O2. The zero-order valence-electron chi connectivity index (χ0n) is 15.7. The molecule has 0 fully saturated rings. The molecule has 4 aromatic rings. The fourth-order valence-corrected chi connectivity index (χ4v) is 2.96. The van der Waals surface area contributed by atoms with Crippen LogP contribution in [0.3, 0.4) is 0 Å². The van der Waals surface area contributed by atoms with Gasteiger partial charge in [-0.15, -0.1) is 0 Å². The van der Waals surface area contributed by atoms with Crippen LogP contribution < -0.4 is 15.1 Å². The molecule has 2 aromatic heterocycles. The molecule has 2 heterocycles. The zero-order chi connectivity index (χ0) is 19.2. The summed E-state index contributed by atoms with van der Waals surface area (Å²) in [6, 6.07) is 18.1. The second kappa shape index (κ2) is 8.54. The van der Waals surface area contributed by atoms with Crippen molar-refractivity contribution in [3.8, 4) is 22.6 Å². The monoisotopic (exact) mass is 374 g/mol. The van der Waals surface area contributed by atoms with Gasteiger partial charge in [-0.3, -0.25) is 10.1 Å². The number of rotatable bonds is 8. The SMILES string of the molecule is Cc1[nH]nc2ccc(-c3cccc(OCCCNOc4cccnc4)c3)cc12. The summed E-state index contributed by atoms with van der Waals surface area (Å²) in [4.78, 5) is 9.39. The van der Waals surface area contributed by atoms with Gasteiger partial charge in [0.1, 0.15) is 5.75 Å². The molecule has 0 saturated heterocycles. The van der Waals surface area contributed by atoms with E-state index in [2.05, 4.69) is 44.9 Å². The quantitative estimate of drug-likeness (QED) is 0.356. The number of aromatic amines is 1. The molecule has 0 aliphatic carbocycles. The number of H-pyrrole nitrogens is 1. The second-order valence-corrected chi connectivity index (χ2v) is 6.50. The molecule has 28 heavy (non-hydrogen) atoms. The molecule has 0 amide bonds. The standard InChI is InChI=1S/C22H22N4O2/c1-16-21-14-18(8-9-22(21)26-25-16)17-5-2-6-19(13-17)27-12-4-11-24-28-20-7-3-10-23-15-20/h2-3,5-10,13-15,24H,4,11-12H2,1H3,(H,25,26). The molecule has 0 spiro atoms. The third-order valence-electron chi connectivity index (χ3n) is 4.43. The Morgan fingerprint density at radius 2 is 1.89 bits per heavy atom. The first-order chi connectivity index (χ1) is 13.8. The number of hydrogen-bond donors (Lipinski definition) is 2. The Balaban J connectivity index is 1.30. The maximum absolute atomic E-state index is 5.89. The van der Waals surface area contributed by atoms with Gasteiger partial charge < -0.3 is 9.57 Å². The first kappa shape index (κ1) is 18.0. The highest BCUT2D eigenvalue weighted by Crippen LogP contribution is 2.27. The number of aromatic nitrogens is 3. The summed E-state index contributed by atoms with van der Waals surface area (Å²) in [6.45, 7) is 3.32. The lowest BCUT2D eigenvalue weighted by Gasteiger charge is -2.09. The van der Waals surface area contributed by atoms with Crippen molar-refractivity contribution >= 4 is 10.9 Å². The Bertz CT molecular complexity index is 1050. The molecule has 142 valence electrons. The molecular weight excluding hydrogens is 352 g/mol. The van der Waals surface area contributed by atoms with E-state index < -0.39 is 0 Å². The van der Waals surface area contributed by atoms with Crippen molar-refractivity contribution in [2.45, 2.75) is 13.3 Å². The van der Waals surface area contributed by atoms with Crippen molar-refractivity contribution in [3.05, 3.63) is 72.7 Å². The Morgan fingerprint density at radius 1 is 1.00 bits per heavy atom. The molecule has 0 atom stereocenters. The van der Waals surface area contributed by atoms with Crippen LogP contribution in [0.1, 0.15) is 12.1 Å². The van der Waals surface area contributed by atoms with Gasteiger partial charge in [0.15, 0.2) is 5.75 Å². The highest BCUT2D eigenvalue weighted by Gasteiger charge is 2.05. The lowest BCUT2D eigenvalue weighted by molar-refractivity contribution is 0.183. The van der Waals surface area contributed by atoms with Gasteiger partial charge in [-0.2, -0.15) is 10.6 Å². The summed E-state index contributed by atoms with van der Waals surface area (Å²) < 4.78 is 5.89. The number of ether oxygens (including phenoxy) is 1. The van der Waals surface area contributed by atoms with Crippen molar-refractivity contribution in [1.82, 2.24) is 20.7 Å². The molecule has 0 unspecified atom stereocenters. The van der Waals surface area contributed by atoms with E-state index in [0.717, 1.165) is 39.9 Å². The number of fused-ring (bicyclic) bond motifs is 1. The molecule has 0 saturated carbocycles. The maximum Gasteiger partial charge on any atom is 0.165 e. The highest BCUT2D eigenvalue weighted by molar-refractivity contribution is 5.86. The van der Waals surface area contributed by atoms with E-state index >= 15 is 0 Å². The van der Waals surface area contributed by atoms with Gasteiger partial charge in [-0.1, -0.05) is 18.2 Å². The van der Waals surface area contributed by atoms with E-state index in [-0.39, 0.29) is 0 Å². The first-order valence-electron chi connectivity index (χ1n) is 9.27. The van der Waals surface area contributed by atoms with E-state index in [1.807, 2.05) is 37.3 Å². The van der Waals surface area contributed by atoms with Crippen LogP contribution in [0.15, 0.2) is 67.0 Å². The fourth-order valence-electron chi connectivity index (χ4n) is 2.96. The third-order valence-corrected chi connectivity index (χ3v) is 4.43. The predicted molar refractivity (Wildman–Crippen MR) is 109 cm³/mol. The smallest absolute Gasteiger partial charge is 0.165 e. The van der Waals surface area contributed by atoms with Crippen molar-refractivity contribution in [2.75, 3.05) is 13.2 Å². The minimum Gasteiger partial charge on any atom is -0.494 e. The Labute approximate surface area is 163 Å². The normalized spacial score (nSPS) is 10.9. The number of pyridine rings is 1. The molecule has 0 aliphatic rings. The van der Waals surface area contributed by atoms with Crippen LogP contribution in [-0.4, -0.2) is 28.3 Å². The summed E-state index contributed by atoms with van der Waals surface area (Å²) in [6.07, 6.45) is 4.20. The lowest BCUT2D eigenvalue weighted by atomic mass is 10.0. The van der Waals surface area contributed by atoms with E-state index in [1.54, 1.807) is 12.4 Å². The van der Waals surface area contributed by atoms with E-state index in [0.29, 0.717) is 18.9 Å². The van der Waals surface area contributed by atoms with E-state index in [1.165, 1.54) is 0 Å². The van der Waals surface area contributed by atoms with Gasteiger partial charge >= 0.3 is 0 Å². The molecule has 0 radical (unpaired) electrons. The maximum atomic E-state index is 5.89. The zero-order valence-corrected chi connectivity index (χ0v) is 15.7. The van der Waals surface area contributed by atoms with Crippen LogP contribution in [0.4, 0.5) is 0 Å². The van der Waals surface area contributed by atoms with Gasteiger partial charge in [-0.05, 0) is 60.9 Å². The average molecular weight is 374 g/mol. The van der Waals surface area contributed by atoms with Gasteiger partial charge in [0.25, 0.3) is 0 Å². The van der Waals surface area contributed by atoms with Gasteiger partial charge in [0.05, 0.1) is 18.3 Å². The van der Waals surface area contributed by atoms with Gasteiger partial charge in [0.2, 0.25) is 0 Å². The Morgan fingerprint density at radius 3 is 2.79 bits per heavy atom. The molecule has 6 nitrogen and oxygen atoms in total. The van der Waals surface area contributed by atoms with Gasteiger partial charge in [0, 0.05) is 23.8 Å². The summed E-state index contributed by atoms with van der Waals surface area (Å²) >= 11 is 0. The average Bonchev–Trinajstić information content (AvgIpc) is 3.12. The molecule has 4 rings (SSSR count). The number of aryl methyl sites for hydroxylation is 1. The predicted octanol–water partition coefficient (Wildman–Crippen LogP) is 4.29.